The third kappa shape index (κ3) is 4.52. The van der Waals surface area contributed by atoms with E-state index in [0.29, 0.717) is 54.3 Å². The van der Waals surface area contributed by atoms with Gasteiger partial charge in [0.1, 0.15) is 11.5 Å². The van der Waals surface area contributed by atoms with E-state index in [1.54, 1.807) is 20.4 Å². The van der Waals surface area contributed by atoms with Gasteiger partial charge in [-0.05, 0) is 72.4 Å². The Bertz CT molecular complexity index is 1650. The summed E-state index contributed by atoms with van der Waals surface area (Å²) in [6.07, 6.45) is 4.87. The van der Waals surface area contributed by atoms with Crippen molar-refractivity contribution in [1.82, 2.24) is 15.6 Å². The summed E-state index contributed by atoms with van der Waals surface area (Å²) in [5.74, 6) is 2.64. The molecule has 7 rings (SSSR count). The standard InChI is InChI=1S/C33H35N3O6/c1-34-31(37)25-7-3-5-21-15-23(8-9-24(21)25)42-28-10-11-36-27-17-30(29(38-2)16-26(27)28)39-12-4-6-22-18-32(22)19-35-20-33(32)40-13-14-41-33/h3,5,7-11,15-17,22,35H,4,6,12-14,18-20H2,1-2H3,(H,34,37). The molecule has 9 nitrogen and oxygen atoms in total. The maximum absolute atomic E-state index is 12.3. The minimum atomic E-state index is -0.424. The number of benzene rings is 3. The fourth-order valence-electron chi connectivity index (χ4n) is 6.83. The summed E-state index contributed by atoms with van der Waals surface area (Å²) in [6.45, 7) is 3.70. The molecule has 2 saturated heterocycles. The largest absolute Gasteiger partial charge is 0.493 e. The summed E-state index contributed by atoms with van der Waals surface area (Å²) in [5, 5.41) is 8.79. The first-order valence-corrected chi connectivity index (χ1v) is 14.6. The Morgan fingerprint density at radius 1 is 1.05 bits per heavy atom. The van der Waals surface area contributed by atoms with E-state index >= 15 is 0 Å². The molecule has 1 saturated carbocycles. The molecular formula is C33H35N3O6. The molecule has 2 aliphatic heterocycles. The molecule has 2 unspecified atom stereocenters. The van der Waals surface area contributed by atoms with Gasteiger partial charge in [0.15, 0.2) is 17.3 Å². The zero-order chi connectivity index (χ0) is 28.7. The maximum atomic E-state index is 12.3. The third-order valence-electron chi connectivity index (χ3n) is 9.04. The molecule has 42 heavy (non-hydrogen) atoms. The summed E-state index contributed by atoms with van der Waals surface area (Å²) < 4.78 is 30.4. The summed E-state index contributed by atoms with van der Waals surface area (Å²) in [6, 6.07) is 17.0. The predicted octanol–water partition coefficient (Wildman–Crippen LogP) is 5.06. The van der Waals surface area contributed by atoms with E-state index in [1.165, 1.54) is 0 Å². The average molecular weight is 570 g/mol. The topological polar surface area (TPSA) is 100 Å². The van der Waals surface area contributed by atoms with Crippen LogP contribution in [0, 0.1) is 11.3 Å². The molecule has 3 aromatic carbocycles. The van der Waals surface area contributed by atoms with Crippen molar-refractivity contribution in [3.8, 4) is 23.0 Å². The Labute approximate surface area is 244 Å². The first-order chi connectivity index (χ1) is 20.6. The minimum absolute atomic E-state index is 0.113. The zero-order valence-corrected chi connectivity index (χ0v) is 23.9. The van der Waals surface area contributed by atoms with E-state index in [-0.39, 0.29) is 11.3 Å². The number of ether oxygens (including phenoxy) is 5. The predicted molar refractivity (Wildman–Crippen MR) is 158 cm³/mol. The number of carbonyl (C=O) groups is 1. The van der Waals surface area contributed by atoms with Gasteiger partial charge >= 0.3 is 0 Å². The molecule has 2 spiro atoms. The van der Waals surface area contributed by atoms with E-state index in [1.807, 2.05) is 54.6 Å². The first-order valence-electron chi connectivity index (χ1n) is 14.6. The lowest BCUT2D eigenvalue weighted by molar-refractivity contribution is -0.183. The van der Waals surface area contributed by atoms with Gasteiger partial charge in [-0.15, -0.1) is 0 Å². The zero-order valence-electron chi connectivity index (χ0n) is 23.9. The van der Waals surface area contributed by atoms with Crippen LogP contribution in [0.1, 0.15) is 29.6 Å². The molecule has 3 aliphatic rings. The van der Waals surface area contributed by atoms with Gasteiger partial charge in [-0.2, -0.15) is 0 Å². The third-order valence-corrected chi connectivity index (χ3v) is 9.04. The normalized spacial score (nSPS) is 22.2. The van der Waals surface area contributed by atoms with Crippen LogP contribution in [-0.2, 0) is 9.47 Å². The van der Waals surface area contributed by atoms with Gasteiger partial charge in [0, 0.05) is 42.2 Å². The Morgan fingerprint density at radius 2 is 1.93 bits per heavy atom. The molecule has 1 amide bonds. The Hall–Kier alpha value is -3.92. The van der Waals surface area contributed by atoms with Gasteiger partial charge in [0.25, 0.3) is 5.91 Å². The smallest absolute Gasteiger partial charge is 0.251 e. The Morgan fingerprint density at radius 3 is 2.76 bits per heavy atom. The number of rotatable bonds is 9. The van der Waals surface area contributed by atoms with E-state index in [9.17, 15) is 4.79 Å². The molecule has 1 aromatic heterocycles. The Kier molecular flexibility index (Phi) is 6.88. The molecule has 3 fully saturated rings. The number of fused-ring (bicyclic) bond motifs is 3. The summed E-state index contributed by atoms with van der Waals surface area (Å²) >= 11 is 0. The van der Waals surface area contributed by atoms with Gasteiger partial charge in [0.2, 0.25) is 0 Å². The van der Waals surface area contributed by atoms with Gasteiger partial charge in [0.05, 0.1) is 39.0 Å². The molecule has 3 heterocycles. The van der Waals surface area contributed by atoms with Crippen LogP contribution in [0.3, 0.4) is 0 Å². The lowest BCUT2D eigenvalue weighted by Crippen LogP contribution is -2.41. The van der Waals surface area contributed by atoms with E-state index in [0.717, 1.165) is 54.0 Å². The fraction of sp³-hybridized carbons (Fsp3) is 0.394. The molecule has 2 N–H and O–H groups in total. The van der Waals surface area contributed by atoms with Crippen LogP contribution in [0.5, 0.6) is 23.0 Å². The number of methoxy groups -OCH3 is 1. The van der Waals surface area contributed by atoms with Crippen LogP contribution >= 0.6 is 0 Å². The van der Waals surface area contributed by atoms with Crippen molar-refractivity contribution in [2.45, 2.75) is 25.0 Å². The molecule has 0 bridgehead atoms. The first kappa shape index (κ1) is 26.9. The van der Waals surface area contributed by atoms with Crippen LogP contribution in [-0.4, -0.2) is 63.7 Å². The van der Waals surface area contributed by atoms with E-state index in [4.69, 9.17) is 23.7 Å². The lowest BCUT2D eigenvalue weighted by atomic mass is 9.94. The molecule has 9 heteroatoms. The second-order valence-electron chi connectivity index (χ2n) is 11.3. The minimum Gasteiger partial charge on any atom is -0.493 e. The quantitative estimate of drug-likeness (QED) is 0.270. The summed E-state index contributed by atoms with van der Waals surface area (Å²) in [5.41, 5.74) is 1.49. The highest BCUT2D eigenvalue weighted by molar-refractivity contribution is 6.07. The number of pyridine rings is 1. The number of hydrogen-bond acceptors (Lipinski definition) is 8. The van der Waals surface area contributed by atoms with Crippen molar-refractivity contribution in [2.75, 3.05) is 47.1 Å². The number of aromatic nitrogens is 1. The summed E-state index contributed by atoms with van der Waals surface area (Å²) in [7, 11) is 3.27. The Balaban J connectivity index is 1.04. The van der Waals surface area contributed by atoms with Crippen molar-refractivity contribution < 1.29 is 28.5 Å². The van der Waals surface area contributed by atoms with E-state index in [2.05, 4.69) is 15.6 Å². The van der Waals surface area contributed by atoms with E-state index < -0.39 is 5.79 Å². The highest BCUT2D eigenvalue weighted by Gasteiger charge is 2.71. The van der Waals surface area contributed by atoms with Crippen molar-refractivity contribution in [3.63, 3.8) is 0 Å². The van der Waals surface area contributed by atoms with Crippen molar-refractivity contribution in [3.05, 3.63) is 66.4 Å². The molecular weight excluding hydrogens is 534 g/mol. The van der Waals surface area contributed by atoms with Crippen LogP contribution in [0.2, 0.25) is 0 Å². The average Bonchev–Trinajstić information content (AvgIpc) is 3.33. The number of amides is 1. The van der Waals surface area contributed by atoms with Gasteiger partial charge in [-0.3, -0.25) is 9.78 Å². The SMILES string of the molecule is CNC(=O)c1cccc2cc(Oc3ccnc4cc(OCCCC5CC56CNCC65OCCO5)c(OC)cc34)ccc12. The van der Waals surface area contributed by atoms with Crippen molar-refractivity contribution in [1.29, 1.82) is 0 Å². The number of carbonyl (C=O) groups excluding carboxylic acids is 1. The molecule has 4 aromatic rings. The van der Waals surface area contributed by atoms with Crippen LogP contribution in [0.25, 0.3) is 21.7 Å². The summed E-state index contributed by atoms with van der Waals surface area (Å²) in [4.78, 5) is 16.8. The highest BCUT2D eigenvalue weighted by Crippen LogP contribution is 2.65. The van der Waals surface area contributed by atoms with Crippen molar-refractivity contribution in [2.24, 2.45) is 11.3 Å². The van der Waals surface area contributed by atoms with Crippen LogP contribution in [0.15, 0.2) is 60.8 Å². The number of hydrogen-bond donors (Lipinski definition) is 2. The monoisotopic (exact) mass is 569 g/mol. The van der Waals surface area contributed by atoms with Gasteiger partial charge in [-0.1, -0.05) is 12.1 Å². The molecule has 2 atom stereocenters. The fourth-order valence-corrected chi connectivity index (χ4v) is 6.83. The van der Waals surface area contributed by atoms with Gasteiger partial charge < -0.3 is 34.3 Å². The molecule has 0 radical (unpaired) electrons. The van der Waals surface area contributed by atoms with Crippen molar-refractivity contribution >= 4 is 27.6 Å². The second-order valence-corrected chi connectivity index (χ2v) is 11.3. The van der Waals surface area contributed by atoms with Crippen LogP contribution < -0.4 is 24.8 Å². The molecule has 218 valence electrons. The van der Waals surface area contributed by atoms with Crippen LogP contribution in [0.4, 0.5) is 0 Å². The number of nitrogens with zero attached hydrogens (tertiary/aromatic N) is 1. The second kappa shape index (κ2) is 10.7. The highest BCUT2D eigenvalue weighted by atomic mass is 16.7. The lowest BCUT2D eigenvalue weighted by Gasteiger charge is -2.29. The molecule has 1 aliphatic carbocycles. The van der Waals surface area contributed by atoms with Gasteiger partial charge in [-0.25, -0.2) is 0 Å². The number of nitrogens with one attached hydrogen (secondary N) is 2. The maximum Gasteiger partial charge on any atom is 0.251 e.